The first-order valence-electron chi connectivity index (χ1n) is 6.88. The van der Waals surface area contributed by atoms with Gasteiger partial charge >= 0.3 is 0 Å². The molecule has 0 unspecified atom stereocenters. The van der Waals surface area contributed by atoms with Gasteiger partial charge in [0.1, 0.15) is 0 Å². The average molecular weight is 373 g/mol. The lowest BCUT2D eigenvalue weighted by molar-refractivity contribution is 0.0622. The molecule has 0 aromatic heterocycles. The second-order valence-corrected chi connectivity index (χ2v) is 6.06. The molecule has 1 amide bonds. The number of amides is 1. The molecule has 0 spiro atoms. The van der Waals surface area contributed by atoms with Crippen molar-refractivity contribution in [2.75, 3.05) is 26.3 Å². The fraction of sp³-hybridized carbons (Fsp3) is 0.533. The van der Waals surface area contributed by atoms with Gasteiger partial charge in [0, 0.05) is 28.8 Å². The van der Waals surface area contributed by atoms with E-state index in [0.29, 0.717) is 13.2 Å². The molecular formula is C15H20INO2. The Balaban J connectivity index is 1.90. The number of fused-ring (bicyclic) bond motifs is 1. The van der Waals surface area contributed by atoms with Gasteiger partial charge in [0.05, 0.1) is 6.61 Å². The third-order valence-corrected chi connectivity index (χ3v) is 4.06. The Hall–Kier alpha value is -0.620. The van der Waals surface area contributed by atoms with Crippen molar-refractivity contribution in [1.29, 1.82) is 0 Å². The minimum Gasteiger partial charge on any atom is -0.380 e. The maximum Gasteiger partial charge on any atom is 0.254 e. The highest BCUT2D eigenvalue weighted by atomic mass is 127. The first-order chi connectivity index (χ1) is 9.22. The standard InChI is InChI=1S/C15H20INO2/c1-2-3-9-19-10-8-17-7-6-12-4-5-13(16)11-14(12)15(17)18/h4-5,11H,2-3,6-10H2,1H3. The molecular weight excluding hydrogens is 353 g/mol. The number of halogens is 1. The number of carbonyl (C=O) groups is 1. The molecule has 0 N–H and O–H groups in total. The van der Waals surface area contributed by atoms with Gasteiger partial charge in [0.15, 0.2) is 0 Å². The Morgan fingerprint density at radius 1 is 1.37 bits per heavy atom. The van der Waals surface area contributed by atoms with Crippen molar-refractivity contribution >= 4 is 28.5 Å². The number of hydrogen-bond donors (Lipinski definition) is 0. The van der Waals surface area contributed by atoms with Crippen LogP contribution in [0.5, 0.6) is 0 Å². The zero-order valence-electron chi connectivity index (χ0n) is 11.3. The van der Waals surface area contributed by atoms with Crippen LogP contribution in [0.2, 0.25) is 0 Å². The minimum atomic E-state index is 0.152. The van der Waals surface area contributed by atoms with Crippen LogP contribution in [0.3, 0.4) is 0 Å². The maximum atomic E-state index is 12.4. The number of carbonyl (C=O) groups excluding carboxylic acids is 1. The maximum absolute atomic E-state index is 12.4. The van der Waals surface area contributed by atoms with Gasteiger partial charge in [-0.15, -0.1) is 0 Å². The molecule has 1 aromatic carbocycles. The molecule has 0 atom stereocenters. The third kappa shape index (κ3) is 3.92. The summed E-state index contributed by atoms with van der Waals surface area (Å²) in [7, 11) is 0. The molecule has 19 heavy (non-hydrogen) atoms. The highest BCUT2D eigenvalue weighted by molar-refractivity contribution is 14.1. The summed E-state index contributed by atoms with van der Waals surface area (Å²) >= 11 is 2.25. The van der Waals surface area contributed by atoms with Gasteiger partial charge in [-0.2, -0.15) is 0 Å². The van der Waals surface area contributed by atoms with Gasteiger partial charge in [0.2, 0.25) is 0 Å². The second-order valence-electron chi connectivity index (χ2n) is 4.81. The smallest absolute Gasteiger partial charge is 0.254 e. The fourth-order valence-electron chi connectivity index (χ4n) is 2.23. The highest BCUT2D eigenvalue weighted by Crippen LogP contribution is 2.21. The van der Waals surface area contributed by atoms with Crippen LogP contribution in [0, 0.1) is 3.57 Å². The van der Waals surface area contributed by atoms with E-state index in [9.17, 15) is 4.79 Å². The molecule has 2 rings (SSSR count). The van der Waals surface area contributed by atoms with Crippen LogP contribution in [0.25, 0.3) is 0 Å². The number of hydrogen-bond acceptors (Lipinski definition) is 2. The molecule has 1 aliphatic heterocycles. The van der Waals surface area contributed by atoms with Crippen LogP contribution in [-0.2, 0) is 11.2 Å². The molecule has 1 aromatic rings. The van der Waals surface area contributed by atoms with Crippen molar-refractivity contribution in [3.8, 4) is 0 Å². The van der Waals surface area contributed by atoms with E-state index in [1.807, 2.05) is 11.0 Å². The average Bonchev–Trinajstić information content (AvgIpc) is 2.41. The summed E-state index contributed by atoms with van der Waals surface area (Å²) < 4.78 is 6.66. The van der Waals surface area contributed by atoms with Crippen molar-refractivity contribution < 1.29 is 9.53 Å². The predicted octanol–water partition coefficient (Wildman–Crippen LogP) is 3.11. The van der Waals surface area contributed by atoms with Gasteiger partial charge in [-0.05, 0) is 53.1 Å². The van der Waals surface area contributed by atoms with E-state index in [0.717, 1.165) is 41.5 Å². The van der Waals surface area contributed by atoms with Gasteiger partial charge in [0.25, 0.3) is 5.91 Å². The van der Waals surface area contributed by atoms with Crippen LogP contribution in [0.4, 0.5) is 0 Å². The molecule has 0 fully saturated rings. The third-order valence-electron chi connectivity index (χ3n) is 3.39. The molecule has 104 valence electrons. The Bertz CT molecular complexity index is 448. The first-order valence-corrected chi connectivity index (χ1v) is 7.95. The van der Waals surface area contributed by atoms with Crippen LogP contribution in [0.15, 0.2) is 18.2 Å². The van der Waals surface area contributed by atoms with E-state index in [-0.39, 0.29) is 5.91 Å². The van der Waals surface area contributed by atoms with Crippen molar-refractivity contribution in [2.45, 2.75) is 26.2 Å². The Morgan fingerprint density at radius 2 is 2.21 bits per heavy atom. The fourth-order valence-corrected chi connectivity index (χ4v) is 2.72. The molecule has 0 saturated carbocycles. The lowest BCUT2D eigenvalue weighted by atomic mass is 9.99. The number of ether oxygens (including phenoxy) is 1. The van der Waals surface area contributed by atoms with Crippen LogP contribution < -0.4 is 0 Å². The Morgan fingerprint density at radius 3 is 3.00 bits per heavy atom. The van der Waals surface area contributed by atoms with Crippen LogP contribution in [-0.4, -0.2) is 37.1 Å². The van der Waals surface area contributed by atoms with E-state index in [1.165, 1.54) is 5.56 Å². The van der Waals surface area contributed by atoms with Crippen molar-refractivity contribution in [2.24, 2.45) is 0 Å². The monoisotopic (exact) mass is 373 g/mol. The van der Waals surface area contributed by atoms with Crippen LogP contribution >= 0.6 is 22.6 Å². The second kappa shape index (κ2) is 7.24. The zero-order chi connectivity index (χ0) is 13.7. The first kappa shape index (κ1) is 14.8. The quantitative estimate of drug-likeness (QED) is 0.567. The normalized spacial score (nSPS) is 14.6. The van der Waals surface area contributed by atoms with E-state index >= 15 is 0 Å². The zero-order valence-corrected chi connectivity index (χ0v) is 13.5. The summed E-state index contributed by atoms with van der Waals surface area (Å²) in [6.07, 6.45) is 3.19. The topological polar surface area (TPSA) is 29.5 Å². The lowest BCUT2D eigenvalue weighted by Crippen LogP contribution is -2.39. The number of nitrogens with zero attached hydrogens (tertiary/aromatic N) is 1. The molecule has 0 saturated heterocycles. The number of benzene rings is 1. The number of rotatable bonds is 6. The van der Waals surface area contributed by atoms with E-state index in [2.05, 4.69) is 41.6 Å². The van der Waals surface area contributed by atoms with Crippen molar-refractivity contribution in [3.05, 3.63) is 32.9 Å². The minimum absolute atomic E-state index is 0.152. The molecule has 1 aliphatic rings. The summed E-state index contributed by atoms with van der Waals surface area (Å²) in [5.74, 6) is 0.152. The van der Waals surface area contributed by atoms with Gasteiger partial charge in [-0.25, -0.2) is 0 Å². The molecule has 0 bridgehead atoms. The lowest BCUT2D eigenvalue weighted by Gasteiger charge is -2.28. The van der Waals surface area contributed by atoms with E-state index in [1.54, 1.807) is 0 Å². The van der Waals surface area contributed by atoms with Crippen molar-refractivity contribution in [3.63, 3.8) is 0 Å². The van der Waals surface area contributed by atoms with Crippen molar-refractivity contribution in [1.82, 2.24) is 4.90 Å². The molecule has 0 radical (unpaired) electrons. The summed E-state index contributed by atoms with van der Waals surface area (Å²) in [5.41, 5.74) is 2.04. The van der Waals surface area contributed by atoms with Gasteiger partial charge in [-0.3, -0.25) is 4.79 Å². The summed E-state index contributed by atoms with van der Waals surface area (Å²) in [5, 5.41) is 0. The Labute approximate surface area is 128 Å². The molecule has 1 heterocycles. The highest BCUT2D eigenvalue weighted by Gasteiger charge is 2.23. The van der Waals surface area contributed by atoms with E-state index < -0.39 is 0 Å². The summed E-state index contributed by atoms with van der Waals surface area (Å²) in [4.78, 5) is 14.3. The van der Waals surface area contributed by atoms with Gasteiger partial charge in [-0.1, -0.05) is 19.4 Å². The molecule has 4 heteroatoms. The largest absolute Gasteiger partial charge is 0.380 e. The predicted molar refractivity (Wildman–Crippen MR) is 84.5 cm³/mol. The number of unbranched alkanes of at least 4 members (excludes halogenated alkanes) is 1. The Kier molecular flexibility index (Phi) is 5.63. The van der Waals surface area contributed by atoms with Gasteiger partial charge < -0.3 is 9.64 Å². The summed E-state index contributed by atoms with van der Waals surface area (Å²) in [6.45, 7) is 5.10. The summed E-state index contributed by atoms with van der Waals surface area (Å²) in [6, 6.07) is 6.13. The SMILES string of the molecule is CCCCOCCN1CCc2ccc(I)cc2C1=O. The van der Waals surface area contributed by atoms with E-state index in [4.69, 9.17) is 4.74 Å². The van der Waals surface area contributed by atoms with Crippen LogP contribution in [0.1, 0.15) is 35.7 Å². The molecule has 0 aliphatic carbocycles. The molecule has 3 nitrogen and oxygen atoms in total.